The molecule has 0 spiro atoms. The van der Waals surface area contributed by atoms with Crippen LogP contribution in [0.1, 0.15) is 19.3 Å². The van der Waals surface area contributed by atoms with Crippen molar-refractivity contribution in [3.63, 3.8) is 0 Å². The third-order valence-electron chi connectivity index (χ3n) is 4.42. The van der Waals surface area contributed by atoms with Gasteiger partial charge in [-0.3, -0.25) is 0 Å². The van der Waals surface area contributed by atoms with Gasteiger partial charge in [0.25, 0.3) is 6.01 Å². The van der Waals surface area contributed by atoms with E-state index in [9.17, 15) is 8.42 Å². The van der Waals surface area contributed by atoms with Gasteiger partial charge in [0.2, 0.25) is 0 Å². The number of rotatable bonds is 1. The van der Waals surface area contributed by atoms with E-state index in [2.05, 4.69) is 9.88 Å². The summed E-state index contributed by atoms with van der Waals surface area (Å²) < 4.78 is 30.1. The molecule has 1 aliphatic carbocycles. The maximum Gasteiger partial charge on any atom is 0.298 e. The van der Waals surface area contributed by atoms with Gasteiger partial charge in [0.05, 0.1) is 17.0 Å². The minimum atomic E-state index is -2.94. The van der Waals surface area contributed by atoms with Crippen molar-refractivity contribution in [2.75, 3.05) is 17.2 Å². The highest BCUT2D eigenvalue weighted by atomic mass is 32.2. The van der Waals surface area contributed by atoms with E-state index in [0.29, 0.717) is 12.6 Å². The molecule has 2 atom stereocenters. The number of oxazole rings is 1. The van der Waals surface area contributed by atoms with E-state index in [-0.39, 0.29) is 17.0 Å². The van der Waals surface area contributed by atoms with E-state index < -0.39 is 9.84 Å². The van der Waals surface area contributed by atoms with Crippen LogP contribution in [0.3, 0.4) is 0 Å². The highest BCUT2D eigenvalue weighted by Crippen LogP contribution is 2.36. The molecule has 106 valence electrons. The Hall–Kier alpha value is -1.56. The fraction of sp³-hybridized carbons (Fsp3) is 0.500. The Bertz CT molecular complexity index is 720. The number of aromatic nitrogens is 1. The van der Waals surface area contributed by atoms with Gasteiger partial charge in [0.1, 0.15) is 5.52 Å². The van der Waals surface area contributed by atoms with Crippen LogP contribution in [0.4, 0.5) is 6.01 Å². The SMILES string of the molecule is O=S1(=O)CCN(c2nc3ccccc3o2)[C@@H]2CCC[C@@H]21. The molecule has 6 heteroatoms. The summed E-state index contributed by atoms with van der Waals surface area (Å²) in [5.74, 6) is 0.201. The van der Waals surface area contributed by atoms with Crippen LogP contribution >= 0.6 is 0 Å². The second-order valence-electron chi connectivity index (χ2n) is 5.56. The fourth-order valence-electron chi connectivity index (χ4n) is 3.45. The van der Waals surface area contributed by atoms with Crippen LogP contribution in [0.2, 0.25) is 0 Å². The maximum absolute atomic E-state index is 12.1. The molecule has 5 nitrogen and oxygen atoms in total. The summed E-state index contributed by atoms with van der Waals surface area (Å²) >= 11 is 0. The molecule has 2 aliphatic rings. The summed E-state index contributed by atoms with van der Waals surface area (Å²) in [5, 5.41) is -0.244. The lowest BCUT2D eigenvalue weighted by Gasteiger charge is -2.36. The van der Waals surface area contributed by atoms with Gasteiger partial charge < -0.3 is 9.32 Å². The molecule has 0 unspecified atom stereocenters. The Labute approximate surface area is 117 Å². The number of benzene rings is 1. The first kappa shape index (κ1) is 12.2. The first-order valence-electron chi connectivity index (χ1n) is 6.99. The molecule has 2 aromatic rings. The minimum absolute atomic E-state index is 0.0295. The summed E-state index contributed by atoms with van der Waals surface area (Å²) in [6.07, 6.45) is 2.64. The number of hydrogen-bond acceptors (Lipinski definition) is 5. The minimum Gasteiger partial charge on any atom is -0.423 e. The summed E-state index contributed by atoms with van der Waals surface area (Å²) in [4.78, 5) is 6.56. The first-order chi connectivity index (χ1) is 9.65. The average molecular weight is 292 g/mol. The molecular formula is C14H16N2O3S. The van der Waals surface area contributed by atoms with Gasteiger partial charge in [-0.15, -0.1) is 0 Å². The molecule has 1 saturated heterocycles. The monoisotopic (exact) mass is 292 g/mol. The van der Waals surface area contributed by atoms with Crippen LogP contribution in [0, 0.1) is 0 Å². The van der Waals surface area contributed by atoms with E-state index in [1.807, 2.05) is 24.3 Å². The molecule has 20 heavy (non-hydrogen) atoms. The van der Waals surface area contributed by atoms with Crippen LogP contribution in [0.5, 0.6) is 0 Å². The Balaban J connectivity index is 1.75. The molecule has 0 N–H and O–H groups in total. The second-order valence-corrected chi connectivity index (χ2v) is 7.90. The summed E-state index contributed by atoms with van der Waals surface area (Å²) in [5.41, 5.74) is 1.58. The molecule has 4 rings (SSSR count). The lowest BCUT2D eigenvalue weighted by atomic mass is 10.2. The molecule has 0 amide bonds. The topological polar surface area (TPSA) is 63.4 Å². The number of sulfone groups is 1. The third kappa shape index (κ3) is 1.74. The molecule has 0 bridgehead atoms. The molecule has 2 fully saturated rings. The normalized spacial score (nSPS) is 28.7. The first-order valence-corrected chi connectivity index (χ1v) is 8.70. The largest absolute Gasteiger partial charge is 0.423 e. The van der Waals surface area contributed by atoms with Crippen molar-refractivity contribution in [3.8, 4) is 0 Å². The van der Waals surface area contributed by atoms with E-state index in [0.717, 1.165) is 30.4 Å². The number of anilines is 1. The molecule has 0 radical (unpaired) electrons. The van der Waals surface area contributed by atoms with Crippen molar-refractivity contribution in [1.82, 2.24) is 4.98 Å². The highest BCUT2D eigenvalue weighted by Gasteiger charge is 2.45. The van der Waals surface area contributed by atoms with Crippen LogP contribution < -0.4 is 4.90 Å². The molecule has 1 aromatic carbocycles. The molecule has 1 aliphatic heterocycles. The van der Waals surface area contributed by atoms with Crippen molar-refractivity contribution in [3.05, 3.63) is 24.3 Å². The zero-order valence-electron chi connectivity index (χ0n) is 11.0. The van der Waals surface area contributed by atoms with Crippen molar-refractivity contribution in [2.45, 2.75) is 30.6 Å². The highest BCUT2D eigenvalue weighted by molar-refractivity contribution is 7.92. The standard InChI is InChI=1S/C14H16N2O3S/c17-20(18)9-8-16(11-5-3-7-13(11)20)14-15-10-4-1-2-6-12(10)19-14/h1-2,4,6,11,13H,3,5,7-9H2/t11-,13+/m1/s1. The fourth-order valence-corrected chi connectivity index (χ4v) is 5.49. The van der Waals surface area contributed by atoms with Crippen molar-refractivity contribution >= 4 is 27.0 Å². The predicted molar refractivity (Wildman–Crippen MR) is 76.6 cm³/mol. The predicted octanol–water partition coefficient (Wildman–Crippen LogP) is 1.98. The number of fused-ring (bicyclic) bond motifs is 2. The lowest BCUT2D eigenvalue weighted by molar-refractivity contribution is 0.491. The van der Waals surface area contributed by atoms with Gasteiger partial charge in [-0.1, -0.05) is 12.1 Å². The quantitative estimate of drug-likeness (QED) is 0.804. The Morgan fingerprint density at radius 2 is 2.10 bits per heavy atom. The van der Waals surface area contributed by atoms with E-state index >= 15 is 0 Å². The number of hydrogen-bond donors (Lipinski definition) is 0. The van der Waals surface area contributed by atoms with E-state index in [1.54, 1.807) is 0 Å². The summed E-state index contributed by atoms with van der Waals surface area (Å²) in [6, 6.07) is 8.23. The van der Waals surface area contributed by atoms with Gasteiger partial charge in [-0.05, 0) is 31.4 Å². The Morgan fingerprint density at radius 1 is 1.25 bits per heavy atom. The molecule has 1 saturated carbocycles. The maximum atomic E-state index is 12.1. The van der Waals surface area contributed by atoms with Gasteiger partial charge in [0.15, 0.2) is 15.4 Å². The summed E-state index contributed by atoms with van der Waals surface area (Å²) in [6.45, 7) is 0.482. The zero-order valence-corrected chi connectivity index (χ0v) is 11.8. The van der Waals surface area contributed by atoms with Crippen LogP contribution in [-0.2, 0) is 9.84 Å². The van der Waals surface area contributed by atoms with Gasteiger partial charge in [-0.25, -0.2) is 8.42 Å². The summed E-state index contributed by atoms with van der Waals surface area (Å²) in [7, 11) is -2.94. The van der Waals surface area contributed by atoms with Gasteiger partial charge in [0, 0.05) is 6.54 Å². The average Bonchev–Trinajstić information content (AvgIpc) is 3.05. The van der Waals surface area contributed by atoms with Gasteiger partial charge in [-0.2, -0.15) is 4.98 Å². The third-order valence-corrected chi connectivity index (χ3v) is 6.65. The molecular weight excluding hydrogens is 276 g/mol. The Kier molecular flexibility index (Phi) is 2.57. The van der Waals surface area contributed by atoms with Crippen LogP contribution in [-0.4, -0.2) is 37.0 Å². The molecule has 2 heterocycles. The van der Waals surface area contributed by atoms with Crippen molar-refractivity contribution in [2.24, 2.45) is 0 Å². The second kappa shape index (κ2) is 4.22. The smallest absolute Gasteiger partial charge is 0.298 e. The number of nitrogens with zero attached hydrogens (tertiary/aromatic N) is 2. The lowest BCUT2D eigenvalue weighted by Crippen LogP contribution is -2.52. The zero-order chi connectivity index (χ0) is 13.7. The number of para-hydroxylation sites is 2. The molecule has 1 aromatic heterocycles. The van der Waals surface area contributed by atoms with Crippen molar-refractivity contribution < 1.29 is 12.8 Å². The van der Waals surface area contributed by atoms with E-state index in [1.165, 1.54) is 0 Å². The van der Waals surface area contributed by atoms with E-state index in [4.69, 9.17) is 4.42 Å². The Morgan fingerprint density at radius 3 is 2.95 bits per heavy atom. The van der Waals surface area contributed by atoms with Crippen molar-refractivity contribution in [1.29, 1.82) is 0 Å². The van der Waals surface area contributed by atoms with Crippen LogP contribution in [0.25, 0.3) is 11.1 Å². The van der Waals surface area contributed by atoms with Crippen LogP contribution in [0.15, 0.2) is 28.7 Å². The van der Waals surface area contributed by atoms with Gasteiger partial charge >= 0.3 is 0 Å².